The van der Waals surface area contributed by atoms with E-state index in [0.717, 1.165) is 21.3 Å². The molecule has 1 N–H and O–H groups in total. The number of sulfonamides is 1. The molecule has 3 aromatic carbocycles. The highest BCUT2D eigenvalue weighted by Gasteiger charge is 2.25. The van der Waals surface area contributed by atoms with Crippen molar-refractivity contribution in [1.82, 2.24) is 9.29 Å². The Morgan fingerprint density at radius 2 is 1.65 bits per heavy atom. The van der Waals surface area contributed by atoms with Crippen LogP contribution in [-0.4, -0.2) is 41.9 Å². The van der Waals surface area contributed by atoms with Gasteiger partial charge in [-0.3, -0.25) is 4.79 Å². The van der Waals surface area contributed by atoms with Crippen molar-refractivity contribution >= 4 is 16.0 Å². The number of carboxylic acid groups (broad SMARTS) is 1. The van der Waals surface area contributed by atoms with Crippen LogP contribution in [0.1, 0.15) is 22.6 Å². The predicted octanol–water partition coefficient (Wildman–Crippen LogP) is 4.69. The van der Waals surface area contributed by atoms with Gasteiger partial charge in [0.15, 0.2) is 0 Å². The van der Waals surface area contributed by atoms with Crippen LogP contribution in [0.2, 0.25) is 0 Å². The topological polar surface area (TPSA) is 110 Å². The Kier molecular flexibility index (Phi) is 8.37. The number of carboxylic acids is 1. The fraction of sp³-hybridized carbons (Fsp3) is 0.214. The third-order valence-corrected chi connectivity index (χ3v) is 7.42. The molecule has 4 rings (SSSR count). The van der Waals surface area contributed by atoms with Crippen LogP contribution in [0, 0.1) is 6.92 Å². The van der Waals surface area contributed by atoms with E-state index in [-0.39, 0.29) is 12.3 Å². The van der Waals surface area contributed by atoms with Crippen LogP contribution in [0.15, 0.2) is 89.3 Å². The summed E-state index contributed by atoms with van der Waals surface area (Å²) in [6.07, 6.45) is 0.531. The van der Waals surface area contributed by atoms with Gasteiger partial charge < -0.3 is 14.3 Å². The van der Waals surface area contributed by atoms with E-state index in [0.29, 0.717) is 35.8 Å². The van der Waals surface area contributed by atoms with Crippen LogP contribution in [0.5, 0.6) is 5.75 Å². The number of nitrogens with zero attached hydrogens (tertiary/aromatic N) is 2. The van der Waals surface area contributed by atoms with Crippen molar-refractivity contribution in [2.24, 2.45) is 0 Å². The molecule has 1 heterocycles. The molecule has 0 atom stereocenters. The Balaban J connectivity index is 1.40. The maximum Gasteiger partial charge on any atom is 0.318 e. The lowest BCUT2D eigenvalue weighted by Crippen LogP contribution is -2.36. The zero-order chi connectivity index (χ0) is 26.3. The summed E-state index contributed by atoms with van der Waals surface area (Å²) in [5.74, 6) is 0.341. The average molecular weight is 521 g/mol. The number of aromatic nitrogens is 1. The minimum absolute atomic E-state index is 0.0818. The largest absolute Gasteiger partial charge is 0.493 e. The maximum atomic E-state index is 13.0. The lowest BCUT2D eigenvalue weighted by molar-refractivity contribution is -0.137. The Morgan fingerprint density at radius 1 is 0.973 bits per heavy atom. The molecule has 0 aliphatic rings. The maximum absolute atomic E-state index is 13.0. The molecule has 0 amide bonds. The Morgan fingerprint density at radius 3 is 2.35 bits per heavy atom. The molecule has 1 aromatic heterocycles. The zero-order valence-electron chi connectivity index (χ0n) is 20.4. The molecule has 8 nitrogen and oxygen atoms in total. The highest BCUT2D eigenvalue weighted by atomic mass is 32.2. The van der Waals surface area contributed by atoms with E-state index in [4.69, 9.17) is 9.15 Å². The first-order chi connectivity index (χ1) is 17.8. The quantitative estimate of drug-likeness (QED) is 0.289. The number of hydrogen-bond donors (Lipinski definition) is 1. The van der Waals surface area contributed by atoms with E-state index in [1.165, 1.54) is 0 Å². The fourth-order valence-electron chi connectivity index (χ4n) is 3.85. The van der Waals surface area contributed by atoms with E-state index in [1.807, 2.05) is 37.3 Å². The molecule has 0 bridgehead atoms. The minimum atomic E-state index is -3.87. The summed E-state index contributed by atoms with van der Waals surface area (Å²) in [6.45, 7) is 1.50. The van der Waals surface area contributed by atoms with Crippen molar-refractivity contribution in [2.45, 2.75) is 25.6 Å². The molecule has 0 unspecified atom stereocenters. The summed E-state index contributed by atoms with van der Waals surface area (Å²) >= 11 is 0. The van der Waals surface area contributed by atoms with E-state index >= 15 is 0 Å². The summed E-state index contributed by atoms with van der Waals surface area (Å²) in [7, 11) is -3.87. The van der Waals surface area contributed by atoms with Gasteiger partial charge in [-0.1, -0.05) is 60.7 Å². The smallest absolute Gasteiger partial charge is 0.318 e. The molecule has 0 saturated heterocycles. The van der Waals surface area contributed by atoms with Crippen molar-refractivity contribution in [2.75, 3.05) is 13.2 Å². The summed E-state index contributed by atoms with van der Waals surface area (Å²) in [5, 5.41) is 9.32. The number of oxazole rings is 1. The normalized spacial score (nSPS) is 11.5. The summed E-state index contributed by atoms with van der Waals surface area (Å²) < 4.78 is 38.7. The second-order valence-electron chi connectivity index (χ2n) is 8.54. The summed E-state index contributed by atoms with van der Waals surface area (Å²) in [5.41, 5.74) is 2.92. The van der Waals surface area contributed by atoms with Gasteiger partial charge in [-0.15, -0.1) is 0 Å². The second kappa shape index (κ2) is 11.9. The van der Waals surface area contributed by atoms with Crippen molar-refractivity contribution in [1.29, 1.82) is 0 Å². The SMILES string of the molecule is Cc1oc(-c2ccccc2)nc1CCOc1cccc(CN(CC(=O)O)S(=O)(=O)Cc2ccccc2)c1. The van der Waals surface area contributed by atoms with Crippen molar-refractivity contribution in [3.05, 3.63) is 108 Å². The fourth-order valence-corrected chi connectivity index (χ4v) is 5.30. The van der Waals surface area contributed by atoms with E-state index < -0.39 is 22.5 Å². The summed E-state index contributed by atoms with van der Waals surface area (Å²) in [4.78, 5) is 16.0. The molecule has 0 saturated carbocycles. The van der Waals surface area contributed by atoms with Crippen molar-refractivity contribution < 1.29 is 27.5 Å². The predicted molar refractivity (Wildman–Crippen MR) is 139 cm³/mol. The standard InChI is InChI=1S/C28H28N2O6S/c1-21-26(29-28(36-21)24-12-6-3-7-13-24)15-16-35-25-14-8-11-23(17-25)18-30(19-27(31)32)37(33,34)20-22-9-4-2-5-10-22/h2-14,17H,15-16,18-20H2,1H3,(H,31,32). The third kappa shape index (κ3) is 7.28. The van der Waals surface area contributed by atoms with Crippen LogP contribution in [0.4, 0.5) is 0 Å². The molecule has 0 radical (unpaired) electrons. The molecule has 0 fully saturated rings. The zero-order valence-corrected chi connectivity index (χ0v) is 21.2. The molecule has 9 heteroatoms. The molecule has 4 aromatic rings. The molecular weight excluding hydrogens is 492 g/mol. The molecule has 0 aliphatic carbocycles. The number of hydrogen-bond acceptors (Lipinski definition) is 6. The lowest BCUT2D eigenvalue weighted by atomic mass is 10.2. The van der Waals surface area contributed by atoms with Crippen LogP contribution < -0.4 is 4.74 Å². The van der Waals surface area contributed by atoms with Crippen LogP contribution in [0.25, 0.3) is 11.5 Å². The Bertz CT molecular complexity index is 1440. The van der Waals surface area contributed by atoms with Gasteiger partial charge in [0.2, 0.25) is 15.9 Å². The average Bonchev–Trinajstić information content (AvgIpc) is 3.25. The van der Waals surface area contributed by atoms with Gasteiger partial charge in [-0.2, -0.15) is 4.31 Å². The number of carbonyl (C=O) groups is 1. The van der Waals surface area contributed by atoms with Gasteiger partial charge in [0.25, 0.3) is 0 Å². The van der Waals surface area contributed by atoms with Crippen molar-refractivity contribution in [3.63, 3.8) is 0 Å². The lowest BCUT2D eigenvalue weighted by Gasteiger charge is -2.21. The number of aliphatic carboxylic acids is 1. The van der Waals surface area contributed by atoms with Gasteiger partial charge in [0.1, 0.15) is 18.1 Å². The van der Waals surface area contributed by atoms with E-state index in [2.05, 4.69) is 4.98 Å². The monoisotopic (exact) mass is 520 g/mol. The molecular formula is C28H28N2O6S. The van der Waals surface area contributed by atoms with Crippen LogP contribution in [0.3, 0.4) is 0 Å². The first-order valence-corrected chi connectivity index (χ1v) is 13.4. The Labute approximate surface area is 216 Å². The van der Waals surface area contributed by atoms with Crippen molar-refractivity contribution in [3.8, 4) is 17.2 Å². The van der Waals surface area contributed by atoms with Gasteiger partial charge in [0, 0.05) is 18.5 Å². The van der Waals surface area contributed by atoms with Gasteiger partial charge in [-0.25, -0.2) is 13.4 Å². The third-order valence-electron chi connectivity index (χ3n) is 5.68. The van der Waals surface area contributed by atoms with Gasteiger partial charge in [0.05, 0.1) is 18.1 Å². The first kappa shape index (κ1) is 26.1. The van der Waals surface area contributed by atoms with Gasteiger partial charge >= 0.3 is 5.97 Å². The molecule has 0 aliphatic heterocycles. The number of ether oxygens (including phenoxy) is 1. The van der Waals surface area contributed by atoms with E-state index in [1.54, 1.807) is 54.6 Å². The second-order valence-corrected chi connectivity index (χ2v) is 10.5. The van der Waals surface area contributed by atoms with E-state index in [9.17, 15) is 18.3 Å². The minimum Gasteiger partial charge on any atom is -0.493 e. The number of rotatable bonds is 12. The highest BCUT2D eigenvalue weighted by Crippen LogP contribution is 2.23. The first-order valence-electron chi connectivity index (χ1n) is 11.8. The van der Waals surface area contributed by atoms with Crippen LogP contribution in [-0.2, 0) is 33.5 Å². The summed E-state index contributed by atoms with van der Waals surface area (Å²) in [6, 6.07) is 25.3. The van der Waals surface area contributed by atoms with Crippen LogP contribution >= 0.6 is 0 Å². The molecule has 192 valence electrons. The number of benzene rings is 3. The van der Waals surface area contributed by atoms with Gasteiger partial charge in [-0.05, 0) is 42.3 Å². The Hall–Kier alpha value is -3.95. The highest BCUT2D eigenvalue weighted by molar-refractivity contribution is 7.88. The molecule has 37 heavy (non-hydrogen) atoms. The molecule has 0 spiro atoms. The number of aryl methyl sites for hydroxylation is 1.